The SMILES string of the molecule is CC(C)n1cc(-c2cc(N(C)Cc3ccccc3)c3ncc(C(=O)NC4COCC4O)n3n2)c2cccnc21. The van der Waals surface area contributed by atoms with Crippen molar-refractivity contribution in [1.82, 2.24) is 29.5 Å². The Labute approximate surface area is 225 Å². The molecule has 10 heteroatoms. The summed E-state index contributed by atoms with van der Waals surface area (Å²) in [6.07, 6.45) is 4.64. The van der Waals surface area contributed by atoms with E-state index in [9.17, 15) is 9.90 Å². The molecule has 5 aromatic rings. The van der Waals surface area contributed by atoms with E-state index < -0.39 is 12.1 Å². The number of aromatic nitrogens is 5. The number of imidazole rings is 1. The maximum Gasteiger partial charge on any atom is 0.272 e. The Morgan fingerprint density at radius 1 is 1.15 bits per heavy atom. The molecule has 0 radical (unpaired) electrons. The van der Waals surface area contributed by atoms with E-state index in [1.165, 1.54) is 6.20 Å². The molecule has 0 bridgehead atoms. The van der Waals surface area contributed by atoms with Crippen LogP contribution in [0.3, 0.4) is 0 Å². The minimum absolute atomic E-state index is 0.197. The van der Waals surface area contributed by atoms with Gasteiger partial charge in [0.05, 0.1) is 42.9 Å². The third-order valence-corrected chi connectivity index (χ3v) is 7.14. The molecule has 1 fully saturated rings. The summed E-state index contributed by atoms with van der Waals surface area (Å²) in [7, 11) is 2.01. The van der Waals surface area contributed by atoms with Crippen LogP contribution in [0.2, 0.25) is 0 Å². The van der Waals surface area contributed by atoms with Crippen LogP contribution in [0.25, 0.3) is 27.9 Å². The molecular formula is C29H31N7O3. The molecule has 10 nitrogen and oxygen atoms in total. The van der Waals surface area contributed by atoms with Crippen molar-refractivity contribution in [2.24, 2.45) is 0 Å². The number of fused-ring (bicyclic) bond motifs is 2. The number of rotatable bonds is 7. The van der Waals surface area contributed by atoms with Crippen LogP contribution in [0.1, 0.15) is 35.9 Å². The summed E-state index contributed by atoms with van der Waals surface area (Å²) in [6, 6.07) is 15.9. The first kappa shape index (κ1) is 25.0. The Bertz CT molecular complexity index is 1640. The number of anilines is 1. The summed E-state index contributed by atoms with van der Waals surface area (Å²) in [5.74, 6) is -0.371. The molecule has 0 aliphatic carbocycles. The fourth-order valence-electron chi connectivity index (χ4n) is 5.07. The van der Waals surface area contributed by atoms with Crippen LogP contribution >= 0.6 is 0 Å². The van der Waals surface area contributed by atoms with Crippen molar-refractivity contribution in [2.45, 2.75) is 38.6 Å². The van der Waals surface area contributed by atoms with E-state index in [2.05, 4.69) is 56.9 Å². The highest BCUT2D eigenvalue weighted by molar-refractivity contribution is 5.96. The van der Waals surface area contributed by atoms with E-state index in [1.807, 2.05) is 43.4 Å². The van der Waals surface area contributed by atoms with Gasteiger partial charge in [-0.05, 0) is 37.6 Å². The number of nitrogens with zero attached hydrogens (tertiary/aromatic N) is 6. The van der Waals surface area contributed by atoms with Crippen molar-refractivity contribution in [3.8, 4) is 11.3 Å². The molecule has 5 heterocycles. The van der Waals surface area contributed by atoms with Gasteiger partial charge in [0.25, 0.3) is 5.91 Å². The number of hydrogen-bond acceptors (Lipinski definition) is 7. The molecule has 2 atom stereocenters. The molecule has 1 aliphatic rings. The number of pyridine rings is 1. The summed E-state index contributed by atoms with van der Waals surface area (Å²) < 4.78 is 9.03. The molecule has 0 spiro atoms. The van der Waals surface area contributed by atoms with Gasteiger partial charge < -0.3 is 24.6 Å². The molecule has 1 saturated heterocycles. The molecule has 200 valence electrons. The highest BCUT2D eigenvalue weighted by Crippen LogP contribution is 2.34. The standard InChI is InChI=1S/C29H31N7O3/c1-18(2)35-15-21(20-10-7-11-30-27(20)35)22-12-24(34(3)14-19-8-5-4-6-9-19)28-31-13-25(36(28)33-22)29(38)32-23-16-39-17-26(23)37/h4-13,15,18,23,26,37H,14,16-17H2,1-3H3,(H,32,38). The smallest absolute Gasteiger partial charge is 0.272 e. The lowest BCUT2D eigenvalue weighted by Crippen LogP contribution is -2.43. The second kappa shape index (κ2) is 10.1. The lowest BCUT2D eigenvalue weighted by Gasteiger charge is -2.21. The maximum atomic E-state index is 13.3. The summed E-state index contributed by atoms with van der Waals surface area (Å²) >= 11 is 0. The topological polar surface area (TPSA) is 110 Å². The molecule has 1 amide bonds. The second-order valence-electron chi connectivity index (χ2n) is 10.2. The monoisotopic (exact) mass is 525 g/mol. The zero-order chi connectivity index (χ0) is 27.1. The predicted octanol–water partition coefficient (Wildman–Crippen LogP) is 3.45. The average Bonchev–Trinajstić information content (AvgIpc) is 3.65. The zero-order valence-electron chi connectivity index (χ0n) is 22.2. The quantitative estimate of drug-likeness (QED) is 0.335. The van der Waals surface area contributed by atoms with Crippen molar-refractivity contribution < 1.29 is 14.6 Å². The zero-order valence-corrected chi connectivity index (χ0v) is 22.2. The second-order valence-corrected chi connectivity index (χ2v) is 10.2. The van der Waals surface area contributed by atoms with Gasteiger partial charge in [-0.2, -0.15) is 5.10 Å². The number of nitrogens with one attached hydrogen (secondary N) is 1. The van der Waals surface area contributed by atoms with Crippen molar-refractivity contribution in [3.05, 3.63) is 78.4 Å². The highest BCUT2D eigenvalue weighted by Gasteiger charge is 2.29. The van der Waals surface area contributed by atoms with Crippen molar-refractivity contribution in [1.29, 1.82) is 0 Å². The fourth-order valence-corrected chi connectivity index (χ4v) is 5.07. The Morgan fingerprint density at radius 2 is 1.97 bits per heavy atom. The number of hydrogen-bond donors (Lipinski definition) is 2. The minimum atomic E-state index is -0.751. The Balaban J connectivity index is 1.50. The average molecular weight is 526 g/mol. The molecule has 1 aliphatic heterocycles. The first-order valence-electron chi connectivity index (χ1n) is 13.1. The number of ether oxygens (including phenoxy) is 1. The van der Waals surface area contributed by atoms with Crippen LogP contribution in [-0.2, 0) is 11.3 Å². The van der Waals surface area contributed by atoms with E-state index in [0.29, 0.717) is 17.9 Å². The lowest BCUT2D eigenvalue weighted by atomic mass is 10.1. The van der Waals surface area contributed by atoms with Crippen LogP contribution in [0, 0.1) is 0 Å². The molecule has 2 unspecified atom stereocenters. The molecule has 4 aromatic heterocycles. The fraction of sp³-hybridized carbons (Fsp3) is 0.310. The molecular weight excluding hydrogens is 494 g/mol. The van der Waals surface area contributed by atoms with E-state index in [0.717, 1.165) is 27.8 Å². The van der Waals surface area contributed by atoms with Crippen molar-refractivity contribution in [2.75, 3.05) is 25.2 Å². The maximum absolute atomic E-state index is 13.3. The number of aliphatic hydroxyl groups is 1. The third kappa shape index (κ3) is 4.62. The molecule has 1 aromatic carbocycles. The number of benzene rings is 1. The van der Waals surface area contributed by atoms with Gasteiger partial charge in [-0.15, -0.1) is 0 Å². The van der Waals surface area contributed by atoms with Gasteiger partial charge in [0, 0.05) is 43.0 Å². The van der Waals surface area contributed by atoms with E-state index in [4.69, 9.17) is 9.84 Å². The Morgan fingerprint density at radius 3 is 2.72 bits per heavy atom. The van der Waals surface area contributed by atoms with Gasteiger partial charge in [-0.3, -0.25) is 4.79 Å². The number of amides is 1. The van der Waals surface area contributed by atoms with E-state index >= 15 is 0 Å². The van der Waals surface area contributed by atoms with Gasteiger partial charge in [0.15, 0.2) is 11.3 Å². The van der Waals surface area contributed by atoms with Crippen LogP contribution in [-0.4, -0.2) is 67.6 Å². The number of aliphatic hydroxyl groups excluding tert-OH is 1. The van der Waals surface area contributed by atoms with Crippen LogP contribution in [0.4, 0.5) is 5.69 Å². The molecule has 39 heavy (non-hydrogen) atoms. The van der Waals surface area contributed by atoms with E-state index in [-0.39, 0.29) is 30.9 Å². The summed E-state index contributed by atoms with van der Waals surface area (Å²) in [4.78, 5) is 24.7. The van der Waals surface area contributed by atoms with Crippen LogP contribution < -0.4 is 10.2 Å². The highest BCUT2D eigenvalue weighted by atomic mass is 16.5. The van der Waals surface area contributed by atoms with Crippen LogP contribution in [0.15, 0.2) is 67.1 Å². The van der Waals surface area contributed by atoms with Gasteiger partial charge in [-0.25, -0.2) is 14.5 Å². The first-order chi connectivity index (χ1) is 18.9. The minimum Gasteiger partial charge on any atom is -0.388 e. The Hall–Kier alpha value is -4.28. The van der Waals surface area contributed by atoms with Crippen molar-refractivity contribution >= 4 is 28.3 Å². The van der Waals surface area contributed by atoms with Gasteiger partial charge in [0.1, 0.15) is 5.65 Å². The van der Waals surface area contributed by atoms with Crippen LogP contribution in [0.5, 0.6) is 0 Å². The number of carbonyl (C=O) groups excluding carboxylic acids is 1. The van der Waals surface area contributed by atoms with Gasteiger partial charge in [-0.1, -0.05) is 30.3 Å². The summed E-state index contributed by atoms with van der Waals surface area (Å²) in [5, 5.41) is 18.9. The van der Waals surface area contributed by atoms with E-state index in [1.54, 1.807) is 10.7 Å². The molecule has 0 saturated carbocycles. The summed E-state index contributed by atoms with van der Waals surface area (Å²) in [6.45, 7) is 5.34. The van der Waals surface area contributed by atoms with Gasteiger partial charge >= 0.3 is 0 Å². The molecule has 2 N–H and O–H groups in total. The van der Waals surface area contributed by atoms with Gasteiger partial charge in [0.2, 0.25) is 0 Å². The lowest BCUT2D eigenvalue weighted by molar-refractivity contribution is 0.0879. The molecule has 6 rings (SSSR count). The summed E-state index contributed by atoms with van der Waals surface area (Å²) in [5.41, 5.74) is 5.33. The third-order valence-electron chi connectivity index (χ3n) is 7.14. The predicted molar refractivity (Wildman–Crippen MR) is 149 cm³/mol. The Kier molecular flexibility index (Phi) is 6.49. The van der Waals surface area contributed by atoms with Crippen molar-refractivity contribution in [3.63, 3.8) is 0 Å². The first-order valence-corrected chi connectivity index (χ1v) is 13.1. The largest absolute Gasteiger partial charge is 0.388 e. The normalized spacial score (nSPS) is 17.4. The number of carbonyl (C=O) groups is 1.